The quantitative estimate of drug-likeness (QED) is 0.0811. The lowest BCUT2D eigenvalue weighted by atomic mass is 9.79. The van der Waals surface area contributed by atoms with Crippen molar-refractivity contribution in [2.24, 2.45) is 28.7 Å². The molecule has 5 heterocycles. The highest BCUT2D eigenvalue weighted by Crippen LogP contribution is 2.52. The van der Waals surface area contributed by atoms with Crippen molar-refractivity contribution < 1.29 is 68.6 Å². The van der Waals surface area contributed by atoms with Crippen LogP contribution in [0.1, 0.15) is 61.3 Å². The van der Waals surface area contributed by atoms with Crippen molar-refractivity contribution in [1.29, 1.82) is 0 Å². The second-order valence-corrected chi connectivity index (χ2v) is 20.0. The van der Waals surface area contributed by atoms with E-state index in [1.807, 2.05) is 6.92 Å². The zero-order valence-corrected chi connectivity index (χ0v) is 37.7. The molecule has 9 N–H and O–H groups in total. The van der Waals surface area contributed by atoms with Gasteiger partial charge in [0.2, 0.25) is 17.7 Å². The number of carbonyl (C=O) groups excluding carboxylic acids is 4. The number of ether oxygens (including phenoxy) is 1. The summed E-state index contributed by atoms with van der Waals surface area (Å²) in [6.07, 6.45) is -1.60. The first kappa shape index (κ1) is 48.1. The van der Waals surface area contributed by atoms with E-state index in [2.05, 4.69) is 26.3 Å². The Balaban J connectivity index is 0.939. The van der Waals surface area contributed by atoms with Crippen molar-refractivity contribution in [1.82, 2.24) is 15.5 Å². The number of β-lactam (4-membered cyclic amide) rings is 1. The number of hydrogen-bond donors (Lipinski definition) is 9. The lowest BCUT2D eigenvalue weighted by Gasteiger charge is -2.46. The van der Waals surface area contributed by atoms with Gasteiger partial charge in [-0.15, -0.1) is 23.5 Å². The maximum atomic E-state index is 13.5. The molecule has 0 spiro atoms. The second-order valence-electron chi connectivity index (χ2n) is 17.2. The van der Waals surface area contributed by atoms with Gasteiger partial charge in [0.1, 0.15) is 23.4 Å². The molecule has 22 heteroatoms. The van der Waals surface area contributed by atoms with Gasteiger partial charge < -0.3 is 56.4 Å². The third-order valence-corrected chi connectivity index (χ3v) is 15.9. The first-order valence-corrected chi connectivity index (χ1v) is 23.1. The summed E-state index contributed by atoms with van der Waals surface area (Å²) in [6.45, 7) is 7.08. The van der Waals surface area contributed by atoms with Crippen LogP contribution in [-0.2, 0) is 33.5 Å². The number of amides is 3. The Labute approximate surface area is 386 Å². The summed E-state index contributed by atoms with van der Waals surface area (Å²) in [6, 6.07) is 8.73. The molecule has 1 unspecified atom stereocenters. The highest BCUT2D eigenvalue weighted by atomic mass is 32.2. The lowest BCUT2D eigenvalue weighted by Crippen LogP contribution is -2.63. The van der Waals surface area contributed by atoms with E-state index in [-0.39, 0.29) is 44.6 Å². The van der Waals surface area contributed by atoms with E-state index >= 15 is 0 Å². The monoisotopic (exact) mass is 950 g/mol. The maximum Gasteiger partial charge on any atom is 0.353 e. The van der Waals surface area contributed by atoms with Gasteiger partial charge in [0.05, 0.1) is 52.6 Å². The molecule has 66 heavy (non-hydrogen) atoms. The van der Waals surface area contributed by atoms with Crippen LogP contribution in [0.2, 0.25) is 0 Å². The number of esters is 1. The number of benzene rings is 2. The number of aliphatic imine (C=N–C) groups is 1. The van der Waals surface area contributed by atoms with Crippen LogP contribution in [0.15, 0.2) is 64.1 Å². The van der Waals surface area contributed by atoms with E-state index in [0.29, 0.717) is 36.5 Å². The topological polar surface area (TPSA) is 311 Å². The van der Waals surface area contributed by atoms with Crippen LogP contribution in [0.25, 0.3) is 0 Å². The number of carboxylic acids is 4. The Bertz CT molecular complexity index is 2410. The second kappa shape index (κ2) is 19.6. The first-order chi connectivity index (χ1) is 31.2. The number of nitrogens with zero attached hydrogens (tertiary/aromatic N) is 2. The average Bonchev–Trinajstić information content (AvgIpc) is 4.04. The van der Waals surface area contributed by atoms with Gasteiger partial charge in [-0.1, -0.05) is 26.0 Å². The molecule has 5 aliphatic heterocycles. The number of hydrogen-bond acceptors (Lipinski definition) is 15. The molecule has 352 valence electrons. The SMILES string of the molecule is C[C@@H](O)[C@H]1C(=O)N2C(C(=O)O)=C(S[C@@H]3CN[C@H](C(=O)Nc4cccc(C(=O)O[C@H](C)[C@@H](C(=O)O)[C@@H]5N=C(C(=O)O)C(S[C@@H]6CN[C@H](C(=O)Nc7cccc(C(=O)O)c7)C6)[C@@H]5C)c4)C3)[C@H](C)[C@H]12. The van der Waals surface area contributed by atoms with Crippen LogP contribution in [0, 0.1) is 23.7 Å². The highest BCUT2D eigenvalue weighted by Gasteiger charge is 2.60. The molecule has 0 radical (unpaired) electrons. The van der Waals surface area contributed by atoms with E-state index in [1.165, 1.54) is 78.7 Å². The summed E-state index contributed by atoms with van der Waals surface area (Å²) in [5.74, 6) is -10.4. The smallest absolute Gasteiger partial charge is 0.353 e. The summed E-state index contributed by atoms with van der Waals surface area (Å²) in [5, 5.41) is 60.5. The van der Waals surface area contributed by atoms with Crippen LogP contribution < -0.4 is 21.3 Å². The average molecular weight is 951 g/mol. The minimum Gasteiger partial charge on any atom is -0.481 e. The number of rotatable bonds is 17. The Morgan fingerprint density at radius 3 is 1.95 bits per heavy atom. The van der Waals surface area contributed by atoms with Gasteiger partial charge in [-0.05, 0) is 69.0 Å². The Kier molecular flexibility index (Phi) is 14.3. The molecule has 2 aromatic carbocycles. The van der Waals surface area contributed by atoms with Crippen molar-refractivity contribution in [2.75, 3.05) is 23.7 Å². The molecule has 0 aliphatic carbocycles. The van der Waals surface area contributed by atoms with E-state index < -0.39 is 107 Å². The number of aromatic carboxylic acids is 1. The molecular formula is C44H50N6O14S2. The molecule has 0 saturated carbocycles. The lowest BCUT2D eigenvalue weighted by molar-refractivity contribution is -0.163. The van der Waals surface area contributed by atoms with Crippen LogP contribution in [0.4, 0.5) is 11.4 Å². The van der Waals surface area contributed by atoms with Crippen LogP contribution in [0.5, 0.6) is 0 Å². The van der Waals surface area contributed by atoms with Gasteiger partial charge in [0.25, 0.3) is 0 Å². The van der Waals surface area contributed by atoms with E-state index in [4.69, 9.17) is 4.74 Å². The Hall–Kier alpha value is -5.81. The molecule has 3 amide bonds. The minimum absolute atomic E-state index is 0.000756. The van der Waals surface area contributed by atoms with E-state index in [1.54, 1.807) is 19.1 Å². The van der Waals surface area contributed by atoms with Gasteiger partial charge >= 0.3 is 29.8 Å². The highest BCUT2D eigenvalue weighted by molar-refractivity contribution is 8.03. The van der Waals surface area contributed by atoms with Gasteiger partial charge in [-0.25, -0.2) is 19.2 Å². The molecule has 2 aromatic rings. The summed E-state index contributed by atoms with van der Waals surface area (Å²) in [4.78, 5) is 108. The third-order valence-electron chi connectivity index (χ3n) is 12.7. The van der Waals surface area contributed by atoms with Crippen LogP contribution in [0.3, 0.4) is 0 Å². The fourth-order valence-electron chi connectivity index (χ4n) is 9.46. The molecule has 20 nitrogen and oxygen atoms in total. The molecule has 3 fully saturated rings. The van der Waals surface area contributed by atoms with Crippen molar-refractivity contribution in [3.8, 4) is 0 Å². The number of aliphatic hydroxyl groups is 1. The van der Waals surface area contributed by atoms with Gasteiger partial charge in [-0.2, -0.15) is 0 Å². The first-order valence-electron chi connectivity index (χ1n) is 21.3. The van der Waals surface area contributed by atoms with Crippen molar-refractivity contribution in [3.05, 3.63) is 70.3 Å². The van der Waals surface area contributed by atoms with Crippen molar-refractivity contribution in [3.63, 3.8) is 0 Å². The van der Waals surface area contributed by atoms with Crippen molar-refractivity contribution >= 4 is 88.2 Å². The summed E-state index contributed by atoms with van der Waals surface area (Å²) >= 11 is 2.56. The normalized spacial score (nSPS) is 29.3. The molecule has 3 saturated heterocycles. The standard InChI is InChI=1S/C44H50N6O14S2/c1-17-31(49-32(42(59)60)35(17)65-25-13-27(45-15-25)37(52)47-23-9-5-7-21(11-23)40(55)56)30(41(57)58)20(4)64-44(63)22-8-6-10-24(12-22)48-38(53)28-14-26(16-46-28)66-36-18(2)33-29(19(3)51)39(54)50(33)34(36)43(61)62/h5-12,17-20,25-31,33,35,45-46,51H,13-16H2,1-4H3,(H,47,52)(H,48,53)(H,55,56)(H,57,58)(H,59,60)(H,61,62)/t17-,18-,19-,20-,25+,26+,27+,28+,29-,30-,31-,33-,35?/m1/s1. The predicted octanol–water partition coefficient (Wildman–Crippen LogP) is 2.20. The molecule has 0 bridgehead atoms. The Morgan fingerprint density at radius 2 is 1.39 bits per heavy atom. The number of anilines is 2. The summed E-state index contributed by atoms with van der Waals surface area (Å²) in [7, 11) is 0. The number of fused-ring (bicyclic) bond motifs is 1. The van der Waals surface area contributed by atoms with Crippen LogP contribution >= 0.6 is 23.5 Å². The molecular weight excluding hydrogens is 901 g/mol. The van der Waals surface area contributed by atoms with Crippen LogP contribution in [-0.4, -0.2) is 149 Å². The zero-order valence-electron chi connectivity index (χ0n) is 36.1. The zero-order chi connectivity index (χ0) is 47.9. The summed E-state index contributed by atoms with van der Waals surface area (Å²) < 4.78 is 5.67. The molecule has 5 aliphatic rings. The van der Waals surface area contributed by atoms with E-state index in [9.17, 15) is 63.9 Å². The number of aliphatic hydroxyl groups excluding tert-OH is 1. The maximum absolute atomic E-state index is 13.5. The number of thioether (sulfide) groups is 2. The number of carboxylic acid groups (broad SMARTS) is 4. The van der Waals surface area contributed by atoms with Gasteiger partial charge in [0.15, 0.2) is 0 Å². The summed E-state index contributed by atoms with van der Waals surface area (Å²) in [5.41, 5.74) is 0.209. The fraction of sp³-hybridized carbons (Fsp3) is 0.477. The molecule has 13 atom stereocenters. The number of aliphatic carboxylic acids is 3. The third kappa shape index (κ3) is 9.68. The Morgan fingerprint density at radius 1 is 0.818 bits per heavy atom. The largest absolute Gasteiger partial charge is 0.481 e. The molecule has 0 aromatic heterocycles. The fourth-order valence-corrected chi connectivity index (χ4v) is 12.6. The number of nitrogens with one attached hydrogen (secondary N) is 4. The van der Waals surface area contributed by atoms with E-state index in [0.717, 1.165) is 0 Å². The van der Waals surface area contributed by atoms with Gasteiger partial charge in [-0.3, -0.25) is 24.2 Å². The van der Waals surface area contributed by atoms with Gasteiger partial charge in [0, 0.05) is 45.8 Å². The van der Waals surface area contributed by atoms with Crippen molar-refractivity contribution in [2.45, 2.75) is 92.7 Å². The predicted molar refractivity (Wildman–Crippen MR) is 240 cm³/mol. The number of carbonyl (C=O) groups is 8. The molecule has 7 rings (SSSR count). The minimum atomic E-state index is -1.45.